The average molecular weight is 413 g/mol. The number of hydrogen-bond donors (Lipinski definition) is 3. The van der Waals surface area contributed by atoms with Crippen LogP contribution in [0.4, 0.5) is 4.39 Å². The van der Waals surface area contributed by atoms with Crippen LogP contribution in [0.1, 0.15) is 44.8 Å². The van der Waals surface area contributed by atoms with Crippen molar-refractivity contribution in [1.82, 2.24) is 4.57 Å². The molecule has 5 nitrogen and oxygen atoms in total. The maximum Gasteiger partial charge on any atom is 0.305 e. The highest BCUT2D eigenvalue weighted by molar-refractivity contribution is 5.98. The molecule has 0 radical (unpaired) electrons. The molecule has 0 saturated carbocycles. The summed E-state index contributed by atoms with van der Waals surface area (Å²) in [7, 11) is 0. The van der Waals surface area contributed by atoms with Crippen LogP contribution in [0.2, 0.25) is 0 Å². The zero-order valence-electron chi connectivity index (χ0n) is 17.3. The van der Waals surface area contributed by atoms with E-state index in [0.29, 0.717) is 12.8 Å². The Hall–Kier alpha value is -2.70. The van der Waals surface area contributed by atoms with E-state index < -0.39 is 18.2 Å². The van der Waals surface area contributed by atoms with Crippen molar-refractivity contribution in [3.8, 4) is 11.1 Å². The molecule has 0 aliphatic rings. The first-order valence-electron chi connectivity index (χ1n) is 10.2. The van der Waals surface area contributed by atoms with E-state index in [1.54, 1.807) is 12.1 Å². The fraction of sp³-hybridized carbons (Fsp3) is 0.375. The van der Waals surface area contributed by atoms with Gasteiger partial charge in [0, 0.05) is 28.2 Å². The van der Waals surface area contributed by atoms with E-state index in [2.05, 4.69) is 24.5 Å². The van der Waals surface area contributed by atoms with Gasteiger partial charge in [-0.05, 0) is 56.9 Å². The van der Waals surface area contributed by atoms with Crippen molar-refractivity contribution < 1.29 is 24.5 Å². The number of halogens is 1. The summed E-state index contributed by atoms with van der Waals surface area (Å²) in [4.78, 5) is 10.7. The van der Waals surface area contributed by atoms with Crippen molar-refractivity contribution in [2.45, 2.75) is 57.8 Å². The molecule has 0 aliphatic carbocycles. The molecule has 3 N–H and O–H groups in total. The third kappa shape index (κ3) is 4.89. The Morgan fingerprint density at radius 1 is 1.03 bits per heavy atom. The Morgan fingerprint density at radius 2 is 1.70 bits per heavy atom. The standard InChI is InChI=1S/C24H28FNO4/c1-15(2)26-21-6-4-3-5-20(21)24(16-7-9-17(25)10-8-16)22(26)12-11-18(27)13-19(28)14-23(29)30/h3-10,15,18-19,27-28H,11-14H2,1-2H3,(H,29,30)/t18-,19+/m0/s1. The molecule has 0 spiro atoms. The van der Waals surface area contributed by atoms with E-state index in [4.69, 9.17) is 5.11 Å². The lowest BCUT2D eigenvalue weighted by atomic mass is 9.97. The lowest BCUT2D eigenvalue weighted by Gasteiger charge is -2.19. The van der Waals surface area contributed by atoms with Crippen LogP contribution in [0.5, 0.6) is 0 Å². The second-order valence-electron chi connectivity index (χ2n) is 7.99. The lowest BCUT2D eigenvalue weighted by molar-refractivity contribution is -0.139. The monoisotopic (exact) mass is 413 g/mol. The predicted molar refractivity (Wildman–Crippen MR) is 115 cm³/mol. The molecule has 0 amide bonds. The van der Waals surface area contributed by atoms with Crippen molar-refractivity contribution in [3.05, 3.63) is 60.0 Å². The van der Waals surface area contributed by atoms with Crippen molar-refractivity contribution in [2.24, 2.45) is 0 Å². The molecule has 0 saturated heterocycles. The Labute approximate surface area is 175 Å². The van der Waals surface area contributed by atoms with Gasteiger partial charge in [0.2, 0.25) is 0 Å². The zero-order valence-corrected chi connectivity index (χ0v) is 17.3. The number of rotatable bonds is 9. The van der Waals surface area contributed by atoms with Crippen LogP contribution < -0.4 is 0 Å². The first-order valence-corrected chi connectivity index (χ1v) is 10.2. The molecule has 3 aromatic rings. The number of aliphatic hydroxyl groups is 2. The number of aromatic nitrogens is 1. The van der Waals surface area contributed by atoms with Crippen LogP contribution in [0.3, 0.4) is 0 Å². The fourth-order valence-corrected chi connectivity index (χ4v) is 4.11. The molecule has 2 atom stereocenters. The Bertz CT molecular complexity index is 1010. The topological polar surface area (TPSA) is 82.7 Å². The van der Waals surface area contributed by atoms with Gasteiger partial charge in [-0.15, -0.1) is 0 Å². The number of benzene rings is 2. The minimum absolute atomic E-state index is 0.0140. The molecule has 2 aromatic carbocycles. The average Bonchev–Trinajstić information content (AvgIpc) is 3.00. The normalized spacial score (nSPS) is 13.7. The molecule has 0 bridgehead atoms. The summed E-state index contributed by atoms with van der Waals surface area (Å²) < 4.78 is 15.7. The summed E-state index contributed by atoms with van der Waals surface area (Å²) in [5.74, 6) is -1.39. The summed E-state index contributed by atoms with van der Waals surface area (Å²) >= 11 is 0. The van der Waals surface area contributed by atoms with Gasteiger partial charge in [-0.2, -0.15) is 0 Å². The van der Waals surface area contributed by atoms with Crippen LogP contribution in [-0.4, -0.2) is 38.1 Å². The smallest absolute Gasteiger partial charge is 0.305 e. The molecule has 1 heterocycles. The number of carboxylic acids is 1. The summed E-state index contributed by atoms with van der Waals surface area (Å²) in [5.41, 5.74) is 4.02. The highest BCUT2D eigenvalue weighted by atomic mass is 19.1. The van der Waals surface area contributed by atoms with Gasteiger partial charge in [0.15, 0.2) is 0 Å². The van der Waals surface area contributed by atoms with Crippen LogP contribution in [0.15, 0.2) is 48.5 Å². The van der Waals surface area contributed by atoms with Crippen LogP contribution in [0.25, 0.3) is 22.0 Å². The number of carboxylic acid groups (broad SMARTS) is 1. The minimum Gasteiger partial charge on any atom is -0.481 e. The first-order chi connectivity index (χ1) is 14.3. The quantitative estimate of drug-likeness (QED) is 0.481. The molecule has 0 fully saturated rings. The predicted octanol–water partition coefficient (Wildman–Crippen LogP) is 4.55. The lowest BCUT2D eigenvalue weighted by Crippen LogP contribution is -2.21. The summed E-state index contributed by atoms with van der Waals surface area (Å²) in [5, 5.41) is 30.1. The number of aliphatic carboxylic acids is 1. The summed E-state index contributed by atoms with van der Waals surface area (Å²) in [6, 6.07) is 14.6. The number of para-hydroxylation sites is 1. The van der Waals surface area contributed by atoms with Gasteiger partial charge in [0.25, 0.3) is 0 Å². The van der Waals surface area contributed by atoms with Crippen LogP contribution >= 0.6 is 0 Å². The third-order valence-corrected chi connectivity index (χ3v) is 5.33. The van der Waals surface area contributed by atoms with E-state index in [1.807, 2.05) is 18.2 Å². The van der Waals surface area contributed by atoms with Crippen molar-refractivity contribution in [1.29, 1.82) is 0 Å². The third-order valence-electron chi connectivity index (χ3n) is 5.33. The van der Waals surface area contributed by atoms with Crippen molar-refractivity contribution >= 4 is 16.9 Å². The maximum absolute atomic E-state index is 13.5. The van der Waals surface area contributed by atoms with Crippen molar-refractivity contribution in [3.63, 3.8) is 0 Å². The first kappa shape index (κ1) is 22.0. The van der Waals surface area contributed by atoms with Gasteiger partial charge < -0.3 is 19.9 Å². The second-order valence-corrected chi connectivity index (χ2v) is 7.99. The Kier molecular flexibility index (Phi) is 6.90. The van der Waals surface area contributed by atoms with E-state index in [9.17, 15) is 19.4 Å². The zero-order chi connectivity index (χ0) is 21.8. The molecule has 30 heavy (non-hydrogen) atoms. The van der Waals surface area contributed by atoms with Gasteiger partial charge in [-0.3, -0.25) is 4.79 Å². The van der Waals surface area contributed by atoms with Gasteiger partial charge in [-0.1, -0.05) is 30.3 Å². The summed E-state index contributed by atoms with van der Waals surface area (Å²) in [6.45, 7) is 4.19. The number of carbonyl (C=O) groups is 1. The molecule has 0 unspecified atom stereocenters. The number of aliphatic hydroxyl groups excluding tert-OH is 2. The highest BCUT2D eigenvalue weighted by Crippen LogP contribution is 2.38. The number of hydrogen-bond acceptors (Lipinski definition) is 3. The Balaban J connectivity index is 1.98. The largest absolute Gasteiger partial charge is 0.481 e. The van der Waals surface area contributed by atoms with E-state index in [1.165, 1.54) is 12.1 Å². The summed E-state index contributed by atoms with van der Waals surface area (Å²) in [6.07, 6.45) is -1.34. The molecule has 3 rings (SSSR count). The van der Waals surface area contributed by atoms with E-state index >= 15 is 0 Å². The van der Waals surface area contributed by atoms with Gasteiger partial charge in [-0.25, -0.2) is 4.39 Å². The highest BCUT2D eigenvalue weighted by Gasteiger charge is 2.22. The van der Waals surface area contributed by atoms with E-state index in [-0.39, 0.29) is 24.7 Å². The number of nitrogens with zero attached hydrogens (tertiary/aromatic N) is 1. The molecule has 6 heteroatoms. The SMILES string of the molecule is CC(C)n1c(CC[C@H](O)C[C@@H](O)CC(=O)O)c(-c2ccc(F)cc2)c2ccccc21. The van der Waals surface area contributed by atoms with Gasteiger partial charge in [0.1, 0.15) is 5.82 Å². The second kappa shape index (κ2) is 9.41. The van der Waals surface area contributed by atoms with E-state index in [0.717, 1.165) is 27.7 Å². The maximum atomic E-state index is 13.5. The Morgan fingerprint density at radius 3 is 2.33 bits per heavy atom. The molecular weight excluding hydrogens is 385 g/mol. The number of fused-ring (bicyclic) bond motifs is 1. The van der Waals surface area contributed by atoms with Gasteiger partial charge in [0.05, 0.1) is 18.6 Å². The minimum atomic E-state index is -1.09. The van der Waals surface area contributed by atoms with Crippen LogP contribution in [-0.2, 0) is 11.2 Å². The molecular formula is C24H28FNO4. The molecule has 0 aliphatic heterocycles. The van der Waals surface area contributed by atoms with Gasteiger partial charge >= 0.3 is 5.97 Å². The van der Waals surface area contributed by atoms with Crippen molar-refractivity contribution in [2.75, 3.05) is 0 Å². The molecule has 160 valence electrons. The fourth-order valence-electron chi connectivity index (χ4n) is 4.11. The molecule has 1 aromatic heterocycles. The van der Waals surface area contributed by atoms with Crippen LogP contribution in [0, 0.1) is 5.82 Å².